The molecule has 0 unspecified atom stereocenters. The summed E-state index contributed by atoms with van der Waals surface area (Å²) < 4.78 is 11.8. The van der Waals surface area contributed by atoms with Crippen molar-refractivity contribution in [3.8, 4) is 0 Å². The van der Waals surface area contributed by atoms with Crippen molar-refractivity contribution in [3.05, 3.63) is 52.3 Å². The summed E-state index contributed by atoms with van der Waals surface area (Å²) in [7, 11) is 0. The van der Waals surface area contributed by atoms with Gasteiger partial charge < -0.3 is 0 Å². The highest BCUT2D eigenvalue weighted by Crippen LogP contribution is 2.49. The SMILES string of the molecule is O=S=C(Sc1cc(Cl)c(Cl)cc1Cl)Sc1c(Cl)c(Cl)c(Cl)c(Cl)c1Cl. The first-order valence-electron chi connectivity index (χ1n) is 5.85. The van der Waals surface area contributed by atoms with Gasteiger partial charge in [-0.3, -0.25) is 0 Å². The summed E-state index contributed by atoms with van der Waals surface area (Å²) in [5.41, 5.74) is 0. The number of hydrogen-bond donors (Lipinski definition) is 0. The first-order chi connectivity index (χ1) is 11.7. The fourth-order valence-corrected chi connectivity index (χ4v) is 6.23. The molecule has 1 nitrogen and oxygen atoms in total. The molecule has 2 aromatic carbocycles. The Morgan fingerprint density at radius 3 is 1.64 bits per heavy atom. The molecule has 134 valence electrons. The highest BCUT2D eigenvalue weighted by atomic mass is 35.5. The summed E-state index contributed by atoms with van der Waals surface area (Å²) in [6.07, 6.45) is 0. The zero-order chi connectivity index (χ0) is 18.9. The first kappa shape index (κ1) is 22.6. The van der Waals surface area contributed by atoms with E-state index in [4.69, 9.17) is 92.8 Å². The maximum Gasteiger partial charge on any atom is 0.144 e. The lowest BCUT2D eigenvalue weighted by Gasteiger charge is -2.12. The molecule has 0 fully saturated rings. The Kier molecular flexibility index (Phi) is 8.79. The molecule has 0 amide bonds. The Hall–Kier alpha value is 1.35. The average Bonchev–Trinajstić information content (AvgIpc) is 2.58. The molecule has 0 spiro atoms. The highest BCUT2D eigenvalue weighted by molar-refractivity contribution is 8.45. The Balaban J connectivity index is 2.40. The molecular formula is C13H2Cl8OS3. The van der Waals surface area contributed by atoms with E-state index in [-0.39, 0.29) is 36.4 Å². The van der Waals surface area contributed by atoms with Gasteiger partial charge in [0.1, 0.15) is 14.8 Å². The normalized spacial score (nSPS) is 10.9. The van der Waals surface area contributed by atoms with Crippen LogP contribution in [0, 0.1) is 0 Å². The molecular weight excluding hydrogens is 552 g/mol. The summed E-state index contributed by atoms with van der Waals surface area (Å²) in [5, 5.41) is 1.29. The van der Waals surface area contributed by atoms with Crippen LogP contribution in [0.5, 0.6) is 0 Å². The Labute approximate surface area is 195 Å². The summed E-state index contributed by atoms with van der Waals surface area (Å²) in [6, 6.07) is 3.04. The van der Waals surface area contributed by atoms with Gasteiger partial charge in [0.2, 0.25) is 0 Å². The van der Waals surface area contributed by atoms with Gasteiger partial charge in [-0.15, -0.1) is 0 Å². The molecule has 0 aliphatic carbocycles. The van der Waals surface area contributed by atoms with E-state index < -0.39 is 0 Å². The zero-order valence-electron chi connectivity index (χ0n) is 11.3. The van der Waals surface area contributed by atoms with Crippen molar-refractivity contribution in [2.75, 3.05) is 0 Å². The third-order valence-corrected chi connectivity index (χ3v) is 9.29. The van der Waals surface area contributed by atoms with Crippen LogP contribution in [0.25, 0.3) is 0 Å². The molecule has 2 rings (SSSR count). The summed E-state index contributed by atoms with van der Waals surface area (Å²) in [5.74, 6) is 0. The minimum Gasteiger partial charge on any atom is -0.211 e. The summed E-state index contributed by atoms with van der Waals surface area (Å²) in [6.45, 7) is 0. The number of halogens is 8. The Morgan fingerprint density at radius 1 is 0.640 bits per heavy atom. The minimum atomic E-state index is 0.0409. The predicted molar refractivity (Wildman–Crippen MR) is 118 cm³/mol. The van der Waals surface area contributed by atoms with Gasteiger partial charge >= 0.3 is 0 Å². The number of thioether (sulfide) groups is 2. The maximum atomic E-state index is 11.5. The molecule has 25 heavy (non-hydrogen) atoms. The lowest BCUT2D eigenvalue weighted by atomic mass is 10.3. The summed E-state index contributed by atoms with van der Waals surface area (Å²) >= 11 is 50.7. The first-order valence-corrected chi connectivity index (χ1v) is 11.3. The van der Waals surface area contributed by atoms with E-state index in [2.05, 4.69) is 0 Å². The van der Waals surface area contributed by atoms with Crippen molar-refractivity contribution in [2.24, 2.45) is 0 Å². The number of rotatable bonds is 2. The van der Waals surface area contributed by atoms with Crippen molar-refractivity contribution >= 4 is 131 Å². The smallest absolute Gasteiger partial charge is 0.144 e. The third-order valence-electron chi connectivity index (χ3n) is 2.59. The van der Waals surface area contributed by atoms with Gasteiger partial charge in [-0.25, -0.2) is 4.21 Å². The van der Waals surface area contributed by atoms with Crippen molar-refractivity contribution in [1.29, 1.82) is 0 Å². The van der Waals surface area contributed by atoms with Crippen LogP contribution in [0.3, 0.4) is 0 Å². The van der Waals surface area contributed by atoms with Crippen LogP contribution < -0.4 is 0 Å². The molecule has 0 saturated heterocycles. The second kappa shape index (κ2) is 9.71. The van der Waals surface area contributed by atoms with Gasteiger partial charge in [-0.05, 0) is 12.1 Å². The molecule has 0 N–H and O–H groups in total. The Bertz CT molecular complexity index is 882. The summed E-state index contributed by atoms with van der Waals surface area (Å²) in [4.78, 5) is 0.852. The maximum absolute atomic E-state index is 11.5. The monoisotopic (exact) mass is 550 g/mol. The molecule has 12 heteroatoms. The number of benzene rings is 2. The van der Waals surface area contributed by atoms with Crippen LogP contribution in [0.1, 0.15) is 0 Å². The van der Waals surface area contributed by atoms with Gasteiger partial charge in [0.25, 0.3) is 0 Å². The van der Waals surface area contributed by atoms with Crippen molar-refractivity contribution < 1.29 is 4.21 Å². The van der Waals surface area contributed by atoms with Crippen LogP contribution in [0.2, 0.25) is 40.2 Å². The Morgan fingerprint density at radius 2 is 1.12 bits per heavy atom. The van der Waals surface area contributed by atoms with E-state index in [1.165, 1.54) is 6.07 Å². The second-order valence-electron chi connectivity index (χ2n) is 4.13. The van der Waals surface area contributed by atoms with Gasteiger partial charge in [0.05, 0.1) is 45.1 Å². The van der Waals surface area contributed by atoms with E-state index in [1.807, 2.05) is 0 Å². The fourth-order valence-electron chi connectivity index (χ4n) is 1.48. The predicted octanol–water partition coefficient (Wildman–Crippen LogP) is 9.10. The molecule has 0 heterocycles. The zero-order valence-corrected chi connectivity index (χ0v) is 19.8. The van der Waals surface area contributed by atoms with Crippen molar-refractivity contribution in [3.63, 3.8) is 0 Å². The molecule has 2 aromatic rings. The highest BCUT2D eigenvalue weighted by Gasteiger charge is 2.22. The van der Waals surface area contributed by atoms with E-state index in [0.717, 1.165) is 23.5 Å². The standard InChI is InChI=1S/C13H2Cl8OS3/c14-3-1-5(16)6(2-4(3)15)23-13(25-22)24-12-10(20)8(18)7(17)9(19)11(12)21/h1-2H. The second-order valence-corrected chi connectivity index (χ2v) is 10.7. The van der Waals surface area contributed by atoms with E-state index >= 15 is 0 Å². The fraction of sp³-hybridized carbons (Fsp3) is 0. The van der Waals surface area contributed by atoms with Crippen LogP contribution in [0.4, 0.5) is 0 Å². The number of hydrogen-bond acceptors (Lipinski definition) is 3. The van der Waals surface area contributed by atoms with E-state index in [9.17, 15) is 4.21 Å². The minimum absolute atomic E-state index is 0.0409. The van der Waals surface area contributed by atoms with Crippen LogP contribution >= 0.6 is 116 Å². The molecule has 0 aliphatic rings. The lowest BCUT2D eigenvalue weighted by molar-refractivity contribution is 0.701. The van der Waals surface area contributed by atoms with Gasteiger partial charge in [-0.2, -0.15) is 0 Å². The van der Waals surface area contributed by atoms with Gasteiger partial charge in [0.15, 0.2) is 0 Å². The third kappa shape index (κ3) is 5.24. The van der Waals surface area contributed by atoms with Crippen LogP contribution in [-0.4, -0.2) is 7.74 Å². The average molecular weight is 554 g/mol. The van der Waals surface area contributed by atoms with Crippen LogP contribution in [0.15, 0.2) is 21.9 Å². The topological polar surface area (TPSA) is 17.1 Å². The molecule has 0 saturated carbocycles. The van der Waals surface area contributed by atoms with Crippen LogP contribution in [-0.2, 0) is 11.3 Å². The molecule has 0 aliphatic heterocycles. The molecule has 0 radical (unpaired) electrons. The van der Waals surface area contributed by atoms with E-state index in [0.29, 0.717) is 28.4 Å². The molecule has 0 atom stereocenters. The quantitative estimate of drug-likeness (QED) is 0.160. The van der Waals surface area contributed by atoms with E-state index in [1.54, 1.807) is 6.07 Å². The van der Waals surface area contributed by atoms with Gasteiger partial charge in [0, 0.05) is 4.90 Å². The molecule has 0 bridgehead atoms. The largest absolute Gasteiger partial charge is 0.211 e. The van der Waals surface area contributed by atoms with Crippen molar-refractivity contribution in [1.82, 2.24) is 0 Å². The van der Waals surface area contributed by atoms with Gasteiger partial charge in [-0.1, -0.05) is 116 Å². The lowest BCUT2D eigenvalue weighted by Crippen LogP contribution is -1.90. The van der Waals surface area contributed by atoms with Crippen molar-refractivity contribution in [2.45, 2.75) is 9.79 Å². The molecule has 0 aromatic heterocycles.